The summed E-state index contributed by atoms with van der Waals surface area (Å²) in [7, 11) is 0. The highest BCUT2D eigenvalue weighted by atomic mass is 16.5. The van der Waals surface area contributed by atoms with Crippen molar-refractivity contribution < 1.29 is 9.84 Å². The average molecular weight is 151 g/mol. The number of terminal acetylenes is 1. The molecule has 0 saturated carbocycles. The molecular weight excluding hydrogens is 142 g/mol. The number of nitriles is 1. The first-order valence-electron chi connectivity index (χ1n) is 3.27. The summed E-state index contributed by atoms with van der Waals surface area (Å²) in [5.74, 6) is 2.19. The first-order chi connectivity index (χ1) is 5.08. The number of hydrogen-bond acceptors (Lipinski definition) is 3. The van der Waals surface area contributed by atoms with E-state index in [0.29, 0.717) is 0 Å². The van der Waals surface area contributed by atoms with Gasteiger partial charge in [0, 0.05) is 0 Å². The number of ether oxygens (including phenoxy) is 1. The third-order valence-corrected chi connectivity index (χ3v) is 2.12. The van der Waals surface area contributed by atoms with Crippen molar-refractivity contribution >= 4 is 0 Å². The molecule has 3 nitrogen and oxygen atoms in total. The lowest BCUT2D eigenvalue weighted by Gasteiger charge is -2.42. The SMILES string of the molecule is C#C[C@@](C)(O)C1(C#N)COC1. The second kappa shape index (κ2) is 2.23. The lowest BCUT2D eigenvalue weighted by molar-refractivity contribution is -0.158. The summed E-state index contributed by atoms with van der Waals surface area (Å²) >= 11 is 0. The molecule has 0 aromatic heterocycles. The predicted octanol–water partition coefficient (Wildman–Crippen LogP) is -0.0892. The fraction of sp³-hybridized carbons (Fsp3) is 0.625. The standard InChI is InChI=1S/C8H9NO2/c1-3-7(2,10)8(4-9)5-11-6-8/h1,10H,5-6H2,2H3/t7-/m1/s1. The van der Waals surface area contributed by atoms with Crippen LogP contribution in [0, 0.1) is 29.1 Å². The summed E-state index contributed by atoms with van der Waals surface area (Å²) in [5, 5.41) is 18.3. The van der Waals surface area contributed by atoms with Crippen molar-refractivity contribution in [2.75, 3.05) is 13.2 Å². The summed E-state index contributed by atoms with van der Waals surface area (Å²) in [4.78, 5) is 0. The highest BCUT2D eigenvalue weighted by molar-refractivity contribution is 5.24. The van der Waals surface area contributed by atoms with Gasteiger partial charge >= 0.3 is 0 Å². The summed E-state index contributed by atoms with van der Waals surface area (Å²) in [6.45, 7) is 1.90. The van der Waals surface area contributed by atoms with Gasteiger partial charge in [-0.15, -0.1) is 6.42 Å². The topological polar surface area (TPSA) is 53.2 Å². The molecule has 0 spiro atoms. The summed E-state index contributed by atoms with van der Waals surface area (Å²) in [6, 6.07) is 1.99. The molecule has 0 amide bonds. The van der Waals surface area contributed by atoms with E-state index >= 15 is 0 Å². The Balaban J connectivity index is 2.90. The van der Waals surface area contributed by atoms with Gasteiger partial charge in [0.25, 0.3) is 0 Å². The molecule has 1 rings (SSSR count). The van der Waals surface area contributed by atoms with Gasteiger partial charge in [-0.3, -0.25) is 0 Å². The van der Waals surface area contributed by atoms with Crippen LogP contribution in [0.3, 0.4) is 0 Å². The van der Waals surface area contributed by atoms with Crippen LogP contribution in [0.2, 0.25) is 0 Å². The maximum Gasteiger partial charge on any atom is 0.145 e. The minimum Gasteiger partial charge on any atom is -0.378 e. The van der Waals surface area contributed by atoms with E-state index in [1.54, 1.807) is 0 Å². The molecule has 1 fully saturated rings. The Morgan fingerprint density at radius 2 is 2.27 bits per heavy atom. The van der Waals surface area contributed by atoms with Crippen LogP contribution >= 0.6 is 0 Å². The molecule has 1 saturated heterocycles. The summed E-state index contributed by atoms with van der Waals surface area (Å²) in [6.07, 6.45) is 5.07. The largest absolute Gasteiger partial charge is 0.378 e. The zero-order valence-corrected chi connectivity index (χ0v) is 6.29. The quantitative estimate of drug-likeness (QED) is 0.533. The third kappa shape index (κ3) is 0.903. The van der Waals surface area contributed by atoms with Gasteiger partial charge in [-0.1, -0.05) is 5.92 Å². The molecule has 1 aliphatic heterocycles. The molecule has 58 valence electrons. The maximum atomic E-state index is 9.55. The van der Waals surface area contributed by atoms with Crippen LogP contribution in [0.25, 0.3) is 0 Å². The molecule has 1 N–H and O–H groups in total. The van der Waals surface area contributed by atoms with Crippen molar-refractivity contribution in [3.63, 3.8) is 0 Å². The minimum absolute atomic E-state index is 0.223. The van der Waals surface area contributed by atoms with Crippen molar-refractivity contribution in [3.8, 4) is 18.4 Å². The zero-order valence-electron chi connectivity index (χ0n) is 6.29. The monoisotopic (exact) mass is 151 g/mol. The molecule has 3 heteroatoms. The molecule has 0 unspecified atom stereocenters. The van der Waals surface area contributed by atoms with E-state index in [4.69, 9.17) is 16.4 Å². The summed E-state index contributed by atoms with van der Waals surface area (Å²) < 4.78 is 4.84. The fourth-order valence-corrected chi connectivity index (χ4v) is 0.899. The molecule has 11 heavy (non-hydrogen) atoms. The van der Waals surface area contributed by atoms with Gasteiger partial charge in [-0.2, -0.15) is 5.26 Å². The second-order valence-corrected chi connectivity index (χ2v) is 2.90. The van der Waals surface area contributed by atoms with Gasteiger partial charge < -0.3 is 9.84 Å². The number of rotatable bonds is 1. The van der Waals surface area contributed by atoms with E-state index in [9.17, 15) is 5.11 Å². The smallest absolute Gasteiger partial charge is 0.145 e. The normalized spacial score (nSPS) is 25.5. The van der Waals surface area contributed by atoms with E-state index in [1.807, 2.05) is 6.07 Å². The molecule has 1 atom stereocenters. The molecule has 0 aromatic rings. The van der Waals surface area contributed by atoms with Gasteiger partial charge in [-0.25, -0.2) is 0 Å². The fourth-order valence-electron chi connectivity index (χ4n) is 0.899. The molecule has 0 aliphatic carbocycles. The molecule has 1 heterocycles. The number of hydrogen-bond donors (Lipinski definition) is 1. The Hall–Kier alpha value is -1.03. The molecule has 0 radical (unpaired) electrons. The summed E-state index contributed by atoms with van der Waals surface area (Å²) in [5.41, 5.74) is -2.26. The van der Waals surface area contributed by atoms with E-state index < -0.39 is 11.0 Å². The molecule has 0 bridgehead atoms. The van der Waals surface area contributed by atoms with Crippen LogP contribution in [0.1, 0.15) is 6.92 Å². The third-order valence-electron chi connectivity index (χ3n) is 2.12. The van der Waals surface area contributed by atoms with Gasteiger partial charge in [-0.05, 0) is 6.92 Å². The average Bonchev–Trinajstić information content (AvgIpc) is 1.86. The van der Waals surface area contributed by atoms with Crippen LogP contribution in [0.15, 0.2) is 0 Å². The van der Waals surface area contributed by atoms with Gasteiger partial charge in [0.15, 0.2) is 0 Å². The minimum atomic E-state index is -1.38. The van der Waals surface area contributed by atoms with Crippen LogP contribution in [0.4, 0.5) is 0 Å². The number of aliphatic hydroxyl groups is 1. The van der Waals surface area contributed by atoms with Crippen molar-refractivity contribution in [2.24, 2.45) is 5.41 Å². The van der Waals surface area contributed by atoms with E-state index in [-0.39, 0.29) is 13.2 Å². The lowest BCUT2D eigenvalue weighted by Crippen LogP contribution is -2.56. The van der Waals surface area contributed by atoms with Gasteiger partial charge in [0.05, 0.1) is 19.3 Å². The Bertz CT molecular complexity index is 240. The van der Waals surface area contributed by atoms with Crippen LogP contribution in [0.5, 0.6) is 0 Å². The molecular formula is C8H9NO2. The van der Waals surface area contributed by atoms with Crippen molar-refractivity contribution in [1.82, 2.24) is 0 Å². The van der Waals surface area contributed by atoms with Gasteiger partial charge in [0.1, 0.15) is 11.0 Å². The second-order valence-electron chi connectivity index (χ2n) is 2.90. The predicted molar refractivity (Wildman–Crippen MR) is 38.3 cm³/mol. The Morgan fingerprint density at radius 1 is 1.73 bits per heavy atom. The number of nitrogens with zero attached hydrogens (tertiary/aromatic N) is 1. The van der Waals surface area contributed by atoms with E-state index in [1.165, 1.54) is 6.92 Å². The van der Waals surface area contributed by atoms with Crippen molar-refractivity contribution in [1.29, 1.82) is 5.26 Å². The Kier molecular flexibility index (Phi) is 1.64. The molecule has 0 aromatic carbocycles. The van der Waals surface area contributed by atoms with Crippen LogP contribution in [-0.2, 0) is 4.74 Å². The molecule has 1 aliphatic rings. The Labute approximate surface area is 65.6 Å². The van der Waals surface area contributed by atoms with Crippen molar-refractivity contribution in [3.05, 3.63) is 0 Å². The first-order valence-corrected chi connectivity index (χ1v) is 3.27. The zero-order chi connectivity index (χ0) is 8.54. The van der Waals surface area contributed by atoms with Crippen LogP contribution in [-0.4, -0.2) is 23.9 Å². The van der Waals surface area contributed by atoms with E-state index in [0.717, 1.165) is 0 Å². The van der Waals surface area contributed by atoms with Gasteiger partial charge in [0.2, 0.25) is 0 Å². The van der Waals surface area contributed by atoms with Crippen molar-refractivity contribution in [2.45, 2.75) is 12.5 Å². The maximum absolute atomic E-state index is 9.55. The van der Waals surface area contributed by atoms with E-state index in [2.05, 4.69) is 5.92 Å². The lowest BCUT2D eigenvalue weighted by atomic mass is 9.73. The van der Waals surface area contributed by atoms with Crippen LogP contribution < -0.4 is 0 Å². The highest BCUT2D eigenvalue weighted by Crippen LogP contribution is 2.37. The first kappa shape index (κ1) is 8.07. The Morgan fingerprint density at radius 3 is 2.36 bits per heavy atom. The highest BCUT2D eigenvalue weighted by Gasteiger charge is 2.53.